The molecule has 1 fully saturated rings. The molecule has 158 valence electrons. The fraction of sp³-hybridized carbons (Fsp3) is 0.591. The minimum absolute atomic E-state index is 0.0603. The van der Waals surface area contributed by atoms with Crippen LogP contribution < -0.4 is 5.32 Å². The molecule has 2 aliphatic heterocycles. The summed E-state index contributed by atoms with van der Waals surface area (Å²) in [4.78, 5) is 38.6. The molecule has 3 rings (SSSR count). The zero-order valence-corrected chi connectivity index (χ0v) is 18.1. The fourth-order valence-electron chi connectivity index (χ4n) is 4.43. The number of carboxylic acid groups (broad SMARTS) is 1. The smallest absolute Gasteiger partial charge is 0.326 e. The summed E-state index contributed by atoms with van der Waals surface area (Å²) in [5.41, 5.74) is 2.16. The number of amides is 1. The van der Waals surface area contributed by atoms with Crippen molar-refractivity contribution in [2.45, 2.75) is 69.8 Å². The minimum atomic E-state index is -0.937. The summed E-state index contributed by atoms with van der Waals surface area (Å²) in [5.74, 6) is -0.805. The summed E-state index contributed by atoms with van der Waals surface area (Å²) in [6, 6.07) is 6.52. The molecule has 1 amide bonds. The Kier molecular flexibility index (Phi) is 7.01. The molecular weight excluding hydrogens is 388 g/mol. The lowest BCUT2D eigenvalue weighted by molar-refractivity contribution is -0.156. The van der Waals surface area contributed by atoms with Crippen molar-refractivity contribution >= 4 is 28.8 Å². The molecule has 0 bridgehead atoms. The summed E-state index contributed by atoms with van der Waals surface area (Å²) >= 11 is 1.30. The first-order valence-electron chi connectivity index (χ1n) is 10.3. The Morgan fingerprint density at radius 1 is 1.28 bits per heavy atom. The van der Waals surface area contributed by atoms with Crippen LogP contribution in [-0.4, -0.2) is 50.9 Å². The maximum absolute atomic E-state index is 13.5. The van der Waals surface area contributed by atoms with Gasteiger partial charge in [-0.1, -0.05) is 49.9 Å². The first kappa shape index (κ1) is 21.8. The van der Waals surface area contributed by atoms with Crippen LogP contribution in [0.3, 0.4) is 0 Å². The van der Waals surface area contributed by atoms with Crippen LogP contribution in [-0.2, 0) is 20.8 Å². The van der Waals surface area contributed by atoms with E-state index in [1.807, 2.05) is 24.3 Å². The zero-order valence-electron chi connectivity index (χ0n) is 17.3. The number of piperidine rings is 1. The van der Waals surface area contributed by atoms with Crippen molar-refractivity contribution in [3.63, 3.8) is 0 Å². The normalized spacial score (nSPS) is 25.2. The Bertz CT molecular complexity index is 782. The highest BCUT2D eigenvalue weighted by atomic mass is 32.2. The first-order valence-corrected chi connectivity index (χ1v) is 11.2. The Morgan fingerprint density at radius 2 is 2.00 bits per heavy atom. The molecule has 7 heteroatoms. The van der Waals surface area contributed by atoms with Gasteiger partial charge in [0.2, 0.25) is 5.91 Å². The number of carbonyl (C=O) groups is 3. The van der Waals surface area contributed by atoms with E-state index in [0.717, 1.165) is 24.0 Å². The van der Waals surface area contributed by atoms with Crippen LogP contribution in [0.1, 0.15) is 57.2 Å². The van der Waals surface area contributed by atoms with Gasteiger partial charge in [-0.2, -0.15) is 0 Å². The molecular formula is C22H30N2O4S. The van der Waals surface area contributed by atoms with Crippen LogP contribution >= 0.6 is 11.8 Å². The van der Waals surface area contributed by atoms with E-state index in [1.54, 1.807) is 11.8 Å². The summed E-state index contributed by atoms with van der Waals surface area (Å²) in [6.45, 7) is 6.21. The number of thioether (sulfide) groups is 1. The van der Waals surface area contributed by atoms with Gasteiger partial charge < -0.3 is 15.3 Å². The van der Waals surface area contributed by atoms with E-state index in [9.17, 15) is 19.5 Å². The first-order chi connectivity index (χ1) is 13.8. The lowest BCUT2D eigenvalue weighted by Crippen LogP contribution is -2.55. The molecule has 1 aromatic rings. The molecule has 4 unspecified atom stereocenters. The van der Waals surface area contributed by atoms with E-state index < -0.39 is 18.1 Å². The third-order valence-electron chi connectivity index (χ3n) is 5.93. The van der Waals surface area contributed by atoms with Crippen molar-refractivity contribution in [1.29, 1.82) is 0 Å². The second-order valence-corrected chi connectivity index (χ2v) is 9.72. The number of carboxylic acids is 1. The third-order valence-corrected chi connectivity index (χ3v) is 7.27. The molecule has 29 heavy (non-hydrogen) atoms. The maximum Gasteiger partial charge on any atom is 0.326 e. The largest absolute Gasteiger partial charge is 0.480 e. The van der Waals surface area contributed by atoms with Crippen LogP contribution in [0.2, 0.25) is 0 Å². The number of hydrogen-bond acceptors (Lipinski definition) is 5. The van der Waals surface area contributed by atoms with Gasteiger partial charge >= 0.3 is 5.97 Å². The van der Waals surface area contributed by atoms with E-state index in [4.69, 9.17) is 0 Å². The number of nitrogens with zero attached hydrogens (tertiary/aromatic N) is 1. The van der Waals surface area contributed by atoms with Crippen molar-refractivity contribution in [2.75, 3.05) is 6.54 Å². The summed E-state index contributed by atoms with van der Waals surface area (Å²) < 4.78 is 0. The Labute approximate surface area is 176 Å². The van der Waals surface area contributed by atoms with Gasteiger partial charge in [0.15, 0.2) is 5.12 Å². The SMILES string of the molecule is CC(=O)SC(CNC1Cc2ccccc2C2CCCC(C(=O)O)N2C1=O)C(C)C. The fourth-order valence-corrected chi connectivity index (χ4v) is 5.31. The quantitative estimate of drug-likeness (QED) is 0.739. The van der Waals surface area contributed by atoms with E-state index in [0.29, 0.717) is 19.4 Å². The van der Waals surface area contributed by atoms with Gasteiger partial charge in [-0.15, -0.1) is 0 Å². The number of hydrogen-bond donors (Lipinski definition) is 2. The molecule has 0 radical (unpaired) electrons. The Hall–Kier alpha value is -1.86. The van der Waals surface area contributed by atoms with Gasteiger partial charge in [-0.05, 0) is 42.7 Å². The zero-order chi connectivity index (χ0) is 21.1. The lowest BCUT2D eigenvalue weighted by Gasteiger charge is -2.40. The predicted octanol–water partition coefficient (Wildman–Crippen LogP) is 3.01. The monoisotopic (exact) mass is 418 g/mol. The molecule has 6 nitrogen and oxygen atoms in total. The van der Waals surface area contributed by atoms with Crippen LogP contribution in [0.15, 0.2) is 24.3 Å². The lowest BCUT2D eigenvalue weighted by atomic mass is 9.89. The molecule has 4 atom stereocenters. The van der Waals surface area contributed by atoms with Crippen molar-refractivity contribution in [1.82, 2.24) is 10.2 Å². The van der Waals surface area contributed by atoms with Gasteiger partial charge in [0.25, 0.3) is 0 Å². The van der Waals surface area contributed by atoms with Crippen LogP contribution in [0.5, 0.6) is 0 Å². The average molecular weight is 419 g/mol. The van der Waals surface area contributed by atoms with Crippen molar-refractivity contribution in [3.8, 4) is 0 Å². The standard InChI is InChI=1S/C22H30N2O4S/c1-13(2)20(29-14(3)25)12-23-17-11-15-7-4-5-8-16(15)18-9-6-10-19(22(27)28)24(18)21(17)26/h4-5,7-8,13,17-20,23H,6,9-12H2,1-3H3,(H,27,28). The van der Waals surface area contributed by atoms with Crippen molar-refractivity contribution in [2.24, 2.45) is 5.92 Å². The molecule has 1 saturated heterocycles. The van der Waals surface area contributed by atoms with E-state index in [-0.39, 0.29) is 28.2 Å². The molecule has 2 N–H and O–H groups in total. The average Bonchev–Trinajstić information content (AvgIpc) is 2.80. The number of fused-ring (bicyclic) bond motifs is 3. The summed E-state index contributed by atoms with van der Waals surface area (Å²) in [5, 5.41) is 13.3. The van der Waals surface area contributed by atoms with Gasteiger partial charge in [0, 0.05) is 18.7 Å². The van der Waals surface area contributed by atoms with E-state index in [2.05, 4.69) is 19.2 Å². The number of carbonyl (C=O) groups excluding carboxylic acids is 2. The van der Waals surface area contributed by atoms with Gasteiger partial charge in [0.05, 0.1) is 12.1 Å². The maximum atomic E-state index is 13.5. The van der Waals surface area contributed by atoms with Crippen LogP contribution in [0, 0.1) is 5.92 Å². The van der Waals surface area contributed by atoms with Crippen molar-refractivity contribution in [3.05, 3.63) is 35.4 Å². The summed E-state index contributed by atoms with van der Waals surface area (Å²) in [6.07, 6.45) is 2.60. The van der Waals surface area contributed by atoms with Gasteiger partial charge in [-0.3, -0.25) is 9.59 Å². The summed E-state index contributed by atoms with van der Waals surface area (Å²) in [7, 11) is 0. The van der Waals surface area contributed by atoms with E-state index in [1.165, 1.54) is 11.8 Å². The van der Waals surface area contributed by atoms with Crippen LogP contribution in [0.4, 0.5) is 0 Å². The van der Waals surface area contributed by atoms with Gasteiger partial charge in [0.1, 0.15) is 6.04 Å². The molecule has 0 aliphatic carbocycles. The highest BCUT2D eigenvalue weighted by Crippen LogP contribution is 2.39. The van der Waals surface area contributed by atoms with Crippen LogP contribution in [0.25, 0.3) is 0 Å². The molecule has 0 spiro atoms. The highest BCUT2D eigenvalue weighted by Gasteiger charge is 2.44. The Morgan fingerprint density at radius 3 is 2.66 bits per heavy atom. The number of benzene rings is 1. The molecule has 0 aromatic heterocycles. The number of rotatable bonds is 6. The second kappa shape index (κ2) is 9.30. The predicted molar refractivity (Wildman–Crippen MR) is 114 cm³/mol. The number of nitrogens with one attached hydrogen (secondary N) is 1. The third kappa shape index (κ3) is 4.83. The number of aliphatic carboxylic acids is 1. The second-order valence-electron chi connectivity index (χ2n) is 8.30. The molecule has 2 heterocycles. The molecule has 2 aliphatic rings. The van der Waals surface area contributed by atoms with Crippen molar-refractivity contribution < 1.29 is 19.5 Å². The van der Waals surface area contributed by atoms with Gasteiger partial charge in [-0.25, -0.2) is 4.79 Å². The Balaban J connectivity index is 1.89. The highest BCUT2D eigenvalue weighted by molar-refractivity contribution is 8.14. The topological polar surface area (TPSA) is 86.7 Å². The molecule has 1 aromatic carbocycles. The molecule has 0 saturated carbocycles. The minimum Gasteiger partial charge on any atom is -0.480 e. The van der Waals surface area contributed by atoms with E-state index >= 15 is 0 Å².